The third-order valence-electron chi connectivity index (χ3n) is 3.65. The van der Waals surface area contributed by atoms with E-state index in [9.17, 15) is 0 Å². The van der Waals surface area contributed by atoms with Crippen LogP contribution in [0.1, 0.15) is 0 Å². The van der Waals surface area contributed by atoms with Crippen molar-refractivity contribution in [3.8, 4) is 0 Å². The zero-order valence-corrected chi connectivity index (χ0v) is 17.3. The van der Waals surface area contributed by atoms with Gasteiger partial charge in [0.1, 0.15) is 0 Å². The smallest absolute Gasteiger partial charge is 0.0134 e. The Morgan fingerprint density at radius 2 is 0.778 bits per heavy atom. The molecule has 0 aliphatic carbocycles. The van der Waals surface area contributed by atoms with Gasteiger partial charge in [-0.25, -0.2) is 0 Å². The van der Waals surface area contributed by atoms with Gasteiger partial charge in [0, 0.05) is 0 Å². The minimum absolute atomic E-state index is 0.446. The summed E-state index contributed by atoms with van der Waals surface area (Å²) in [5.74, 6) is 0. The predicted molar refractivity (Wildman–Crippen MR) is 116 cm³/mol. The molecule has 0 aromatic heterocycles. The maximum atomic E-state index is 4.26. The van der Waals surface area contributed by atoms with Crippen molar-refractivity contribution in [1.29, 1.82) is 0 Å². The summed E-state index contributed by atoms with van der Waals surface area (Å²) in [6.45, 7) is 0. The van der Waals surface area contributed by atoms with Crippen LogP contribution in [0.3, 0.4) is 0 Å². The predicted octanol–water partition coefficient (Wildman–Crippen LogP) is 5.62. The third kappa shape index (κ3) is 7.32. The summed E-state index contributed by atoms with van der Waals surface area (Å²) in [6, 6.07) is 44.8. The molecule has 0 amide bonds. The van der Waals surface area contributed by atoms with Crippen LogP contribution in [-0.4, -0.2) is 0 Å². The van der Waals surface area contributed by atoms with Gasteiger partial charge in [-0.2, -0.15) is 36.4 Å². The van der Waals surface area contributed by atoms with Gasteiger partial charge >= 0.3 is 24.8 Å². The second kappa shape index (κ2) is 13.3. The fraction of sp³-hybridized carbons (Fsp3) is 0. The summed E-state index contributed by atoms with van der Waals surface area (Å²) in [4.78, 5) is 0. The number of benzene rings is 4. The Labute approximate surface area is 175 Å². The summed E-state index contributed by atoms with van der Waals surface area (Å²) in [5, 5.41) is 4.19. The van der Waals surface area contributed by atoms with E-state index >= 15 is 0 Å². The molecular formula is C24H20ClNiP-. The molecule has 3 heteroatoms. The topological polar surface area (TPSA) is 0 Å². The van der Waals surface area contributed by atoms with Gasteiger partial charge in [0.2, 0.25) is 0 Å². The minimum Gasteiger partial charge on any atom is -0.184 e. The van der Waals surface area contributed by atoms with Crippen LogP contribution in [0.25, 0.3) is 0 Å². The van der Waals surface area contributed by atoms with Crippen LogP contribution < -0.4 is 15.9 Å². The minimum atomic E-state index is -0.446. The van der Waals surface area contributed by atoms with Crippen molar-refractivity contribution in [2.75, 3.05) is 0 Å². The summed E-state index contributed by atoms with van der Waals surface area (Å²) < 4.78 is 0. The van der Waals surface area contributed by atoms with E-state index in [-0.39, 0.29) is 0 Å². The van der Waals surface area contributed by atoms with Crippen molar-refractivity contribution in [3.63, 3.8) is 0 Å². The van der Waals surface area contributed by atoms with E-state index in [1.54, 1.807) is 0 Å². The van der Waals surface area contributed by atoms with E-state index in [1.807, 2.05) is 30.3 Å². The molecule has 0 aliphatic rings. The molecule has 27 heavy (non-hydrogen) atoms. The van der Waals surface area contributed by atoms with E-state index in [0.29, 0.717) is 0 Å². The summed E-state index contributed by atoms with van der Waals surface area (Å²) in [5.41, 5.74) is 0. The molecule has 0 nitrogen and oxygen atoms in total. The molecule has 139 valence electrons. The zero-order chi connectivity index (χ0) is 19.2. The summed E-state index contributed by atoms with van der Waals surface area (Å²) >= 11 is 3.35. The molecule has 0 aliphatic heterocycles. The number of hydrogen-bond donors (Lipinski definition) is 0. The maximum Gasteiger partial charge on any atom is -0.0134 e. The molecule has 4 aromatic rings. The van der Waals surface area contributed by atoms with Gasteiger partial charge in [-0.05, 0) is 23.8 Å². The number of halogens is 1. The summed E-state index contributed by atoms with van der Waals surface area (Å²) in [6.07, 6.45) is 0. The zero-order valence-electron chi connectivity index (χ0n) is 14.7. The van der Waals surface area contributed by atoms with Crippen LogP contribution in [0.15, 0.2) is 121 Å². The molecule has 0 atom stereocenters. The first-order valence-corrected chi connectivity index (χ1v) is 11.1. The van der Waals surface area contributed by atoms with Crippen LogP contribution in [0, 0.1) is 6.07 Å². The number of hydrogen-bond acceptors (Lipinski definition) is 0. The second-order valence-electron chi connectivity index (χ2n) is 5.42. The van der Waals surface area contributed by atoms with Crippen LogP contribution in [-0.2, 0) is 14.6 Å². The van der Waals surface area contributed by atoms with Crippen molar-refractivity contribution in [2.24, 2.45) is 0 Å². The van der Waals surface area contributed by atoms with Gasteiger partial charge in [0.15, 0.2) is 0 Å². The Morgan fingerprint density at radius 1 is 0.481 bits per heavy atom. The van der Waals surface area contributed by atoms with Crippen molar-refractivity contribution in [2.45, 2.75) is 0 Å². The molecule has 0 spiro atoms. The van der Waals surface area contributed by atoms with Gasteiger partial charge < -0.3 is 0 Å². The van der Waals surface area contributed by atoms with Crippen molar-refractivity contribution in [3.05, 3.63) is 127 Å². The first-order valence-electron chi connectivity index (χ1n) is 8.43. The normalized spacial score (nSPS) is 9.48. The van der Waals surface area contributed by atoms with Crippen LogP contribution in [0.2, 0.25) is 0 Å². The fourth-order valence-electron chi connectivity index (χ4n) is 2.52. The first-order chi connectivity index (χ1) is 13.4. The van der Waals surface area contributed by atoms with Gasteiger partial charge in [0.25, 0.3) is 0 Å². The second-order valence-corrected chi connectivity index (χ2v) is 7.64. The number of rotatable bonds is 3. The van der Waals surface area contributed by atoms with Gasteiger partial charge in [-0.3, -0.25) is 0 Å². The average Bonchev–Trinajstić information content (AvgIpc) is 2.79. The molecule has 0 heterocycles. The molecule has 0 N–H and O–H groups in total. The first kappa shape index (κ1) is 21.4. The molecule has 4 aromatic carbocycles. The SMILES string of the molecule is [Cl][Ni].[c-]1ccccc1.c1ccc(P(c2ccccc2)c2ccccc2)cc1. The molecule has 0 unspecified atom stereocenters. The van der Waals surface area contributed by atoms with Gasteiger partial charge in [-0.1, -0.05) is 91.0 Å². The van der Waals surface area contributed by atoms with Crippen LogP contribution in [0.5, 0.6) is 0 Å². The van der Waals surface area contributed by atoms with Crippen molar-refractivity contribution >= 4 is 34.0 Å². The Bertz CT molecular complexity index is 720. The summed E-state index contributed by atoms with van der Waals surface area (Å²) in [7, 11) is 3.82. The molecule has 0 saturated carbocycles. The van der Waals surface area contributed by atoms with E-state index in [4.69, 9.17) is 0 Å². The third-order valence-corrected chi connectivity index (χ3v) is 6.09. The molecule has 4 rings (SSSR count). The van der Waals surface area contributed by atoms with E-state index < -0.39 is 7.92 Å². The van der Waals surface area contributed by atoms with Crippen molar-refractivity contribution in [1.82, 2.24) is 0 Å². The Kier molecular flexibility index (Phi) is 10.5. The Hall–Kier alpha value is -1.91. The quantitative estimate of drug-likeness (QED) is 0.224. The van der Waals surface area contributed by atoms with Crippen LogP contribution >= 0.6 is 18.1 Å². The molecular weight excluding hydrogens is 413 g/mol. The molecule has 0 saturated heterocycles. The van der Waals surface area contributed by atoms with E-state index in [0.717, 1.165) is 0 Å². The Balaban J connectivity index is 0.000000275. The van der Waals surface area contributed by atoms with Crippen molar-refractivity contribution < 1.29 is 14.6 Å². The molecule has 0 radical (unpaired) electrons. The van der Waals surface area contributed by atoms with Gasteiger partial charge in [-0.15, -0.1) is 0 Å². The monoisotopic (exact) mass is 432 g/mol. The van der Waals surface area contributed by atoms with E-state index in [2.05, 4.69) is 122 Å². The molecule has 0 fully saturated rings. The maximum absolute atomic E-state index is 4.26. The largest absolute Gasteiger partial charge is 0.184 e. The van der Waals surface area contributed by atoms with Gasteiger partial charge in [0.05, 0.1) is 0 Å². The fourth-order valence-corrected chi connectivity index (χ4v) is 4.83. The Morgan fingerprint density at radius 3 is 1.00 bits per heavy atom. The van der Waals surface area contributed by atoms with E-state index in [1.165, 1.54) is 15.9 Å². The standard InChI is InChI=1S/C18H15P.C6H5.ClH.Ni/c1-4-10-16(11-5-1)19(17-12-6-2-7-13-17)18-14-8-3-9-15-18;1-2-4-6-5-3-1;;/h1-15H;1-5H;1H;/q;-1;;+1/p-1. The molecule has 0 bridgehead atoms. The average molecular weight is 434 g/mol. The van der Waals surface area contributed by atoms with Crippen LogP contribution in [0.4, 0.5) is 0 Å².